The van der Waals surface area contributed by atoms with Crippen molar-refractivity contribution in [1.82, 2.24) is 9.88 Å². The van der Waals surface area contributed by atoms with E-state index in [4.69, 9.17) is 0 Å². The first-order valence-electron chi connectivity index (χ1n) is 7.56. The van der Waals surface area contributed by atoms with Gasteiger partial charge in [0.25, 0.3) is 5.91 Å². The normalized spacial score (nSPS) is 11.2. The van der Waals surface area contributed by atoms with Crippen LogP contribution in [0.15, 0.2) is 30.5 Å². The van der Waals surface area contributed by atoms with E-state index in [1.165, 1.54) is 0 Å². The predicted molar refractivity (Wildman–Crippen MR) is 83.9 cm³/mol. The Hall–Kier alpha value is -1.77. The topological polar surface area (TPSA) is 36.1 Å². The Balaban J connectivity index is 2.26. The third kappa shape index (κ3) is 2.87. The molecule has 1 amide bonds. The Morgan fingerprint density at radius 3 is 2.60 bits per heavy atom. The Morgan fingerprint density at radius 2 is 1.95 bits per heavy atom. The third-order valence-corrected chi connectivity index (χ3v) is 4.13. The number of hydrogen-bond donors (Lipinski definition) is 1. The zero-order chi connectivity index (χ0) is 14.5. The van der Waals surface area contributed by atoms with Gasteiger partial charge in [0, 0.05) is 35.8 Å². The molecule has 0 bridgehead atoms. The SMILES string of the molecule is CCC(CC)CN(CC)C(=O)c1cccc2[nH]ccc12. The van der Waals surface area contributed by atoms with Crippen molar-refractivity contribution in [2.24, 2.45) is 5.92 Å². The summed E-state index contributed by atoms with van der Waals surface area (Å²) >= 11 is 0. The second-order valence-corrected chi connectivity index (χ2v) is 5.27. The lowest BCUT2D eigenvalue weighted by Crippen LogP contribution is -2.35. The lowest BCUT2D eigenvalue weighted by Gasteiger charge is -2.25. The van der Waals surface area contributed by atoms with E-state index in [9.17, 15) is 4.79 Å². The number of hydrogen-bond acceptors (Lipinski definition) is 1. The smallest absolute Gasteiger partial charge is 0.254 e. The summed E-state index contributed by atoms with van der Waals surface area (Å²) < 4.78 is 0. The molecule has 1 aromatic carbocycles. The number of carbonyl (C=O) groups excluding carboxylic acids is 1. The molecule has 3 nitrogen and oxygen atoms in total. The molecule has 108 valence electrons. The van der Waals surface area contributed by atoms with Crippen LogP contribution in [-0.4, -0.2) is 28.9 Å². The van der Waals surface area contributed by atoms with Gasteiger partial charge in [0.2, 0.25) is 0 Å². The first-order valence-corrected chi connectivity index (χ1v) is 7.56. The molecule has 0 fully saturated rings. The molecule has 0 aliphatic rings. The van der Waals surface area contributed by atoms with Crippen molar-refractivity contribution in [3.63, 3.8) is 0 Å². The van der Waals surface area contributed by atoms with E-state index in [-0.39, 0.29) is 5.91 Å². The number of fused-ring (bicyclic) bond motifs is 1. The van der Waals surface area contributed by atoms with E-state index in [0.717, 1.165) is 42.4 Å². The molecule has 0 saturated carbocycles. The largest absolute Gasteiger partial charge is 0.361 e. The fourth-order valence-electron chi connectivity index (χ4n) is 2.66. The molecule has 2 rings (SSSR count). The second-order valence-electron chi connectivity index (χ2n) is 5.27. The minimum absolute atomic E-state index is 0.143. The highest BCUT2D eigenvalue weighted by molar-refractivity contribution is 6.06. The van der Waals surface area contributed by atoms with Crippen LogP contribution in [0.4, 0.5) is 0 Å². The van der Waals surface area contributed by atoms with Gasteiger partial charge in [-0.1, -0.05) is 32.8 Å². The first-order chi connectivity index (χ1) is 9.71. The van der Waals surface area contributed by atoms with Crippen molar-refractivity contribution in [3.8, 4) is 0 Å². The van der Waals surface area contributed by atoms with Gasteiger partial charge in [-0.25, -0.2) is 0 Å². The van der Waals surface area contributed by atoms with Crippen LogP contribution in [0.2, 0.25) is 0 Å². The maximum absolute atomic E-state index is 12.8. The van der Waals surface area contributed by atoms with E-state index in [1.54, 1.807) is 0 Å². The summed E-state index contributed by atoms with van der Waals surface area (Å²) in [5, 5.41) is 1.01. The molecule has 0 aliphatic heterocycles. The number of H-pyrrole nitrogens is 1. The average Bonchev–Trinajstić information content (AvgIpc) is 2.96. The van der Waals surface area contributed by atoms with Gasteiger partial charge in [-0.3, -0.25) is 4.79 Å². The van der Waals surface area contributed by atoms with Crippen molar-refractivity contribution in [2.75, 3.05) is 13.1 Å². The van der Waals surface area contributed by atoms with Crippen molar-refractivity contribution in [1.29, 1.82) is 0 Å². The molecule has 0 atom stereocenters. The van der Waals surface area contributed by atoms with Crippen LogP contribution in [0.3, 0.4) is 0 Å². The van der Waals surface area contributed by atoms with Crippen molar-refractivity contribution in [3.05, 3.63) is 36.0 Å². The van der Waals surface area contributed by atoms with Crippen molar-refractivity contribution >= 4 is 16.8 Å². The summed E-state index contributed by atoms with van der Waals surface area (Å²) in [6.07, 6.45) is 4.13. The highest BCUT2D eigenvalue weighted by Gasteiger charge is 2.19. The molecule has 1 aromatic heterocycles. The number of nitrogens with zero attached hydrogens (tertiary/aromatic N) is 1. The third-order valence-electron chi connectivity index (χ3n) is 4.13. The van der Waals surface area contributed by atoms with Crippen molar-refractivity contribution in [2.45, 2.75) is 33.6 Å². The monoisotopic (exact) mass is 272 g/mol. The zero-order valence-corrected chi connectivity index (χ0v) is 12.6. The molecule has 1 N–H and O–H groups in total. The van der Waals surface area contributed by atoms with Crippen LogP contribution < -0.4 is 0 Å². The summed E-state index contributed by atoms with van der Waals surface area (Å²) in [6, 6.07) is 7.85. The molecule has 20 heavy (non-hydrogen) atoms. The van der Waals surface area contributed by atoms with Crippen LogP contribution in [-0.2, 0) is 0 Å². The van der Waals surface area contributed by atoms with Crippen LogP contribution in [0.1, 0.15) is 44.0 Å². The molecule has 0 saturated heterocycles. The number of aromatic nitrogens is 1. The number of benzene rings is 1. The average molecular weight is 272 g/mol. The molecule has 0 spiro atoms. The molecule has 0 radical (unpaired) electrons. The summed E-state index contributed by atoms with van der Waals surface area (Å²) in [7, 11) is 0. The van der Waals surface area contributed by atoms with Crippen LogP contribution in [0, 0.1) is 5.92 Å². The number of carbonyl (C=O) groups is 1. The molecular weight excluding hydrogens is 248 g/mol. The van der Waals surface area contributed by atoms with Gasteiger partial charge in [-0.2, -0.15) is 0 Å². The fraction of sp³-hybridized carbons (Fsp3) is 0.471. The first kappa shape index (κ1) is 14.6. The second kappa shape index (κ2) is 6.60. The van der Waals surface area contributed by atoms with E-state index in [2.05, 4.69) is 25.8 Å². The summed E-state index contributed by atoms with van der Waals surface area (Å²) in [6.45, 7) is 8.05. The zero-order valence-electron chi connectivity index (χ0n) is 12.6. The number of amides is 1. The lowest BCUT2D eigenvalue weighted by molar-refractivity contribution is 0.0737. The van der Waals surface area contributed by atoms with Gasteiger partial charge in [0.05, 0.1) is 0 Å². The molecular formula is C17H24N2O. The fourth-order valence-corrected chi connectivity index (χ4v) is 2.66. The highest BCUT2D eigenvalue weighted by atomic mass is 16.2. The maximum Gasteiger partial charge on any atom is 0.254 e. The van der Waals surface area contributed by atoms with Gasteiger partial charge in [-0.15, -0.1) is 0 Å². The molecule has 0 unspecified atom stereocenters. The molecule has 1 heterocycles. The van der Waals surface area contributed by atoms with Crippen LogP contribution >= 0.6 is 0 Å². The van der Waals surface area contributed by atoms with E-state index in [1.807, 2.05) is 35.4 Å². The Morgan fingerprint density at radius 1 is 1.20 bits per heavy atom. The van der Waals surface area contributed by atoms with E-state index < -0.39 is 0 Å². The quantitative estimate of drug-likeness (QED) is 0.845. The van der Waals surface area contributed by atoms with E-state index in [0.29, 0.717) is 5.92 Å². The van der Waals surface area contributed by atoms with E-state index >= 15 is 0 Å². The maximum atomic E-state index is 12.8. The van der Waals surface area contributed by atoms with Crippen molar-refractivity contribution < 1.29 is 4.79 Å². The molecule has 3 heteroatoms. The Bertz CT molecular complexity index is 569. The molecule has 0 aliphatic carbocycles. The Kier molecular flexibility index (Phi) is 4.83. The van der Waals surface area contributed by atoms with Crippen LogP contribution in [0.25, 0.3) is 10.9 Å². The lowest BCUT2D eigenvalue weighted by atomic mass is 10.0. The number of nitrogens with one attached hydrogen (secondary N) is 1. The molecule has 2 aromatic rings. The minimum atomic E-state index is 0.143. The number of aromatic amines is 1. The van der Waals surface area contributed by atoms with Gasteiger partial charge in [-0.05, 0) is 31.0 Å². The Labute approximate surface area is 121 Å². The number of rotatable bonds is 6. The standard InChI is InChI=1S/C17H24N2O/c1-4-13(5-2)12-19(6-3)17(20)15-8-7-9-16-14(15)10-11-18-16/h7-11,13,18H,4-6,12H2,1-3H3. The van der Waals surface area contributed by atoms with Gasteiger partial charge in [0.1, 0.15) is 0 Å². The minimum Gasteiger partial charge on any atom is -0.361 e. The highest BCUT2D eigenvalue weighted by Crippen LogP contribution is 2.20. The summed E-state index contributed by atoms with van der Waals surface area (Å²) in [5.74, 6) is 0.730. The van der Waals surface area contributed by atoms with Gasteiger partial charge >= 0.3 is 0 Å². The summed E-state index contributed by atoms with van der Waals surface area (Å²) in [4.78, 5) is 17.9. The van der Waals surface area contributed by atoms with Gasteiger partial charge < -0.3 is 9.88 Å². The predicted octanol–water partition coefficient (Wildman–Crippen LogP) is 4.07. The summed E-state index contributed by atoms with van der Waals surface area (Å²) in [5.41, 5.74) is 1.82. The van der Waals surface area contributed by atoms with Crippen LogP contribution in [0.5, 0.6) is 0 Å². The van der Waals surface area contributed by atoms with Gasteiger partial charge in [0.15, 0.2) is 0 Å².